The van der Waals surface area contributed by atoms with Gasteiger partial charge in [-0.2, -0.15) is 4.98 Å². The van der Waals surface area contributed by atoms with Crippen LogP contribution >= 0.6 is 11.6 Å². The second-order valence-electron chi connectivity index (χ2n) is 7.00. The zero-order chi connectivity index (χ0) is 24.9. The van der Waals surface area contributed by atoms with Gasteiger partial charge in [-0.1, -0.05) is 17.7 Å². The maximum Gasteiger partial charge on any atom is 0.233 e. The van der Waals surface area contributed by atoms with E-state index in [1.54, 1.807) is 24.3 Å². The minimum Gasteiger partial charge on any atom is -0.493 e. The second-order valence-corrected chi connectivity index (χ2v) is 9.42. The monoisotopic (exact) mass is 508 g/mol. The number of sulfonamides is 1. The molecule has 13 heteroatoms. The van der Waals surface area contributed by atoms with Crippen LogP contribution < -0.4 is 29.1 Å². The third-order valence-electron chi connectivity index (χ3n) is 4.77. The molecule has 0 saturated carbocycles. The molecule has 0 bridgehead atoms. The molecule has 2 heterocycles. The van der Waals surface area contributed by atoms with Crippen molar-refractivity contribution >= 4 is 44.9 Å². The zero-order valence-corrected chi connectivity index (χ0v) is 20.9. The lowest BCUT2D eigenvalue weighted by atomic mass is 10.2. The molecule has 2 aromatic heterocycles. The Bertz CT molecular complexity index is 1250. The first kappa shape index (κ1) is 25.1. The fourth-order valence-corrected chi connectivity index (χ4v) is 3.66. The highest BCUT2D eigenvalue weighted by molar-refractivity contribution is 7.92. The van der Waals surface area contributed by atoms with E-state index in [1.807, 2.05) is 0 Å². The average molecular weight is 509 g/mol. The number of nitrogens with one attached hydrogen (secondary N) is 2. The first-order chi connectivity index (χ1) is 16.2. The summed E-state index contributed by atoms with van der Waals surface area (Å²) in [6, 6.07) is 6.92. The predicted octanol–water partition coefficient (Wildman–Crippen LogP) is 3.30. The summed E-state index contributed by atoms with van der Waals surface area (Å²) >= 11 is 6.28. The number of aromatic nitrogens is 3. The number of methoxy groups -OCH3 is 3. The predicted molar refractivity (Wildman–Crippen MR) is 131 cm³/mol. The quantitative estimate of drug-likeness (QED) is 0.421. The van der Waals surface area contributed by atoms with Gasteiger partial charge in [-0.15, -0.1) is 0 Å². The molecule has 0 fully saturated rings. The Labute approximate surface area is 203 Å². The maximum absolute atomic E-state index is 12.0. The highest BCUT2D eigenvalue weighted by Crippen LogP contribution is 2.40. The van der Waals surface area contributed by atoms with Gasteiger partial charge in [0.05, 0.1) is 33.8 Å². The van der Waals surface area contributed by atoms with Crippen LogP contribution in [0.3, 0.4) is 0 Å². The summed E-state index contributed by atoms with van der Waals surface area (Å²) in [5.74, 6) is 2.32. The number of hydrogen-bond donors (Lipinski definition) is 2. The molecule has 0 radical (unpaired) electrons. The van der Waals surface area contributed by atoms with Gasteiger partial charge < -0.3 is 24.8 Å². The number of pyridine rings is 1. The van der Waals surface area contributed by atoms with Crippen LogP contribution in [0.15, 0.2) is 36.7 Å². The van der Waals surface area contributed by atoms with Crippen LogP contribution in [0.25, 0.3) is 0 Å². The number of anilines is 4. The van der Waals surface area contributed by atoms with Crippen LogP contribution in [0, 0.1) is 0 Å². The molecule has 3 aromatic rings. The van der Waals surface area contributed by atoms with Gasteiger partial charge in [0.15, 0.2) is 17.3 Å². The van der Waals surface area contributed by atoms with Gasteiger partial charge >= 0.3 is 0 Å². The Morgan fingerprint density at radius 2 is 1.76 bits per heavy atom. The molecule has 2 N–H and O–H groups in total. The molecule has 0 atom stereocenters. The number of rotatable bonds is 10. The van der Waals surface area contributed by atoms with Gasteiger partial charge in [0.25, 0.3) is 0 Å². The molecular weight excluding hydrogens is 484 g/mol. The summed E-state index contributed by atoms with van der Waals surface area (Å²) in [5.41, 5.74) is 1.25. The molecule has 3 rings (SSSR count). The standard InChI is InChI=1S/C21H25ClN6O5S/c1-28(34(5,29)30)20-13(7-6-8-23-20)11-24-19-15(22)12-25-21(27-19)26-14-9-16(31-2)18(33-4)17(10-14)32-3/h6-10,12H,11H2,1-5H3,(H2,24,25,26,27). The Hall–Kier alpha value is -3.51. The van der Waals surface area contributed by atoms with Gasteiger partial charge in [0, 0.05) is 43.2 Å². The summed E-state index contributed by atoms with van der Waals surface area (Å²) < 4.78 is 41.1. The van der Waals surface area contributed by atoms with Gasteiger partial charge in [-0.25, -0.2) is 18.4 Å². The third kappa shape index (κ3) is 5.69. The van der Waals surface area contributed by atoms with Crippen molar-refractivity contribution in [1.82, 2.24) is 15.0 Å². The highest BCUT2D eigenvalue weighted by Gasteiger charge is 2.18. The smallest absolute Gasteiger partial charge is 0.233 e. The van der Waals surface area contributed by atoms with E-state index in [-0.39, 0.29) is 17.5 Å². The minimum absolute atomic E-state index is 0.226. The second kappa shape index (κ2) is 10.6. The number of nitrogens with zero attached hydrogens (tertiary/aromatic N) is 4. The Morgan fingerprint density at radius 3 is 2.35 bits per heavy atom. The molecule has 0 saturated heterocycles. The lowest BCUT2D eigenvalue weighted by molar-refractivity contribution is 0.324. The Morgan fingerprint density at radius 1 is 1.09 bits per heavy atom. The van der Waals surface area contributed by atoms with E-state index in [4.69, 9.17) is 25.8 Å². The van der Waals surface area contributed by atoms with Gasteiger partial charge in [0.1, 0.15) is 10.8 Å². The van der Waals surface area contributed by atoms with Crippen LogP contribution in [0.2, 0.25) is 5.02 Å². The number of hydrogen-bond acceptors (Lipinski definition) is 10. The lowest BCUT2D eigenvalue weighted by Gasteiger charge is -2.19. The van der Waals surface area contributed by atoms with Gasteiger partial charge in [-0.05, 0) is 6.07 Å². The van der Waals surface area contributed by atoms with Crippen LogP contribution in [0.4, 0.5) is 23.3 Å². The van der Waals surface area contributed by atoms with E-state index in [0.29, 0.717) is 40.1 Å². The van der Waals surface area contributed by atoms with E-state index in [1.165, 1.54) is 40.8 Å². The van der Waals surface area contributed by atoms with Crippen LogP contribution in [0.1, 0.15) is 5.56 Å². The lowest BCUT2D eigenvalue weighted by Crippen LogP contribution is -2.27. The highest BCUT2D eigenvalue weighted by atomic mass is 35.5. The summed E-state index contributed by atoms with van der Waals surface area (Å²) in [4.78, 5) is 12.8. The van der Waals surface area contributed by atoms with Crippen LogP contribution in [0.5, 0.6) is 17.2 Å². The molecule has 182 valence electrons. The summed E-state index contributed by atoms with van der Waals surface area (Å²) in [6.45, 7) is 0.226. The van der Waals surface area contributed by atoms with Crippen molar-refractivity contribution < 1.29 is 22.6 Å². The first-order valence-electron chi connectivity index (χ1n) is 9.89. The van der Waals surface area contributed by atoms with E-state index in [0.717, 1.165) is 10.6 Å². The van der Waals surface area contributed by atoms with Crippen molar-refractivity contribution in [2.75, 3.05) is 49.6 Å². The molecule has 0 aliphatic heterocycles. The minimum atomic E-state index is -3.48. The molecular formula is C21H25ClN6O5S. The summed E-state index contributed by atoms with van der Waals surface area (Å²) in [6.07, 6.45) is 4.09. The molecule has 0 unspecified atom stereocenters. The summed E-state index contributed by atoms with van der Waals surface area (Å²) in [7, 11) is 2.54. The van der Waals surface area contributed by atoms with E-state index < -0.39 is 10.0 Å². The molecule has 34 heavy (non-hydrogen) atoms. The van der Waals surface area contributed by atoms with Crippen molar-refractivity contribution in [3.63, 3.8) is 0 Å². The van der Waals surface area contributed by atoms with Crippen molar-refractivity contribution in [1.29, 1.82) is 0 Å². The number of halogens is 1. The first-order valence-corrected chi connectivity index (χ1v) is 12.1. The van der Waals surface area contributed by atoms with Gasteiger partial charge in [0.2, 0.25) is 21.7 Å². The summed E-state index contributed by atoms with van der Waals surface area (Å²) in [5, 5.41) is 6.48. The fraction of sp³-hybridized carbons (Fsp3) is 0.286. The molecule has 11 nitrogen and oxygen atoms in total. The fourth-order valence-electron chi connectivity index (χ4n) is 3.02. The van der Waals surface area contributed by atoms with E-state index in [2.05, 4.69) is 25.6 Å². The molecule has 0 aliphatic carbocycles. The largest absolute Gasteiger partial charge is 0.493 e. The molecule has 0 aliphatic rings. The third-order valence-corrected chi connectivity index (χ3v) is 6.22. The topological polar surface area (TPSA) is 128 Å². The number of ether oxygens (including phenoxy) is 3. The molecule has 0 spiro atoms. The van der Waals surface area contributed by atoms with Crippen molar-refractivity contribution in [2.45, 2.75) is 6.54 Å². The van der Waals surface area contributed by atoms with Crippen molar-refractivity contribution in [2.24, 2.45) is 0 Å². The van der Waals surface area contributed by atoms with Crippen LogP contribution in [-0.2, 0) is 16.6 Å². The normalized spacial score (nSPS) is 11.0. The van der Waals surface area contributed by atoms with Crippen LogP contribution in [-0.4, -0.2) is 58.0 Å². The Kier molecular flexibility index (Phi) is 7.84. The average Bonchev–Trinajstić information content (AvgIpc) is 2.82. The SMILES string of the molecule is COc1cc(Nc2ncc(Cl)c(NCc3cccnc3N(C)S(C)(=O)=O)n2)cc(OC)c1OC. The van der Waals surface area contributed by atoms with Crippen molar-refractivity contribution in [3.8, 4) is 17.2 Å². The van der Waals surface area contributed by atoms with Gasteiger partial charge in [-0.3, -0.25) is 4.31 Å². The zero-order valence-electron chi connectivity index (χ0n) is 19.3. The van der Waals surface area contributed by atoms with Crippen molar-refractivity contribution in [3.05, 3.63) is 47.2 Å². The van der Waals surface area contributed by atoms with E-state index in [9.17, 15) is 8.42 Å². The number of benzene rings is 1. The van der Waals surface area contributed by atoms with E-state index >= 15 is 0 Å². The Balaban J connectivity index is 1.84. The maximum atomic E-state index is 12.0. The molecule has 1 aromatic carbocycles. The molecule has 0 amide bonds.